The van der Waals surface area contributed by atoms with E-state index in [0.29, 0.717) is 29.1 Å². The van der Waals surface area contributed by atoms with Crippen LogP contribution in [0.25, 0.3) is 22.4 Å². The molecule has 0 amide bonds. The van der Waals surface area contributed by atoms with E-state index in [1.807, 2.05) is 36.4 Å². The Bertz CT molecular complexity index is 1390. The molecule has 0 heterocycles. The lowest BCUT2D eigenvalue weighted by atomic mass is 10.0. The SMILES string of the molecule is N#CC(=Cc1cc(Br)ccc1OCc1ccc2ccccc2c1)c1cccc([N+](=O)[O-])c1. The molecule has 0 aliphatic rings. The zero-order valence-corrected chi connectivity index (χ0v) is 18.5. The summed E-state index contributed by atoms with van der Waals surface area (Å²) in [5, 5.41) is 23.1. The Morgan fingerprint density at radius 2 is 1.81 bits per heavy atom. The van der Waals surface area contributed by atoms with Crippen molar-refractivity contribution in [1.29, 1.82) is 5.26 Å². The molecule has 0 saturated carbocycles. The Kier molecular flexibility index (Phi) is 6.29. The fourth-order valence-corrected chi connectivity index (χ4v) is 3.75. The molecule has 0 unspecified atom stereocenters. The van der Waals surface area contributed by atoms with Gasteiger partial charge in [0.25, 0.3) is 5.69 Å². The molecule has 0 aliphatic carbocycles. The summed E-state index contributed by atoms with van der Waals surface area (Å²) in [6.45, 7) is 0.367. The number of benzene rings is 4. The molecule has 4 aromatic carbocycles. The first-order valence-electron chi connectivity index (χ1n) is 9.80. The molecule has 0 N–H and O–H groups in total. The highest BCUT2D eigenvalue weighted by Gasteiger charge is 2.11. The van der Waals surface area contributed by atoms with Crippen LogP contribution in [0.2, 0.25) is 0 Å². The van der Waals surface area contributed by atoms with Crippen LogP contribution >= 0.6 is 15.9 Å². The Balaban J connectivity index is 1.64. The second kappa shape index (κ2) is 9.46. The quantitative estimate of drug-likeness (QED) is 0.126. The maximum Gasteiger partial charge on any atom is 0.270 e. The summed E-state index contributed by atoms with van der Waals surface area (Å²) in [4.78, 5) is 10.6. The van der Waals surface area contributed by atoms with Gasteiger partial charge in [-0.1, -0.05) is 64.5 Å². The Morgan fingerprint density at radius 3 is 2.59 bits per heavy atom. The average molecular weight is 485 g/mol. The lowest BCUT2D eigenvalue weighted by Gasteiger charge is -2.11. The fourth-order valence-electron chi connectivity index (χ4n) is 3.38. The van der Waals surface area contributed by atoms with Gasteiger partial charge in [-0.05, 0) is 52.2 Å². The van der Waals surface area contributed by atoms with E-state index < -0.39 is 4.92 Å². The van der Waals surface area contributed by atoms with Crippen LogP contribution in [0.3, 0.4) is 0 Å². The van der Waals surface area contributed by atoms with Crippen molar-refractivity contribution in [3.63, 3.8) is 0 Å². The van der Waals surface area contributed by atoms with Gasteiger partial charge in [0.15, 0.2) is 0 Å². The lowest BCUT2D eigenvalue weighted by Crippen LogP contribution is -1.97. The predicted octanol–water partition coefficient (Wildman–Crippen LogP) is 7.15. The number of nitro groups is 1. The molecule has 0 aliphatic heterocycles. The van der Waals surface area contributed by atoms with Gasteiger partial charge in [0, 0.05) is 22.2 Å². The van der Waals surface area contributed by atoms with Gasteiger partial charge < -0.3 is 4.74 Å². The minimum atomic E-state index is -0.476. The van der Waals surface area contributed by atoms with Crippen molar-refractivity contribution < 1.29 is 9.66 Å². The third kappa shape index (κ3) is 4.85. The Hall–Kier alpha value is -3.95. The highest BCUT2D eigenvalue weighted by atomic mass is 79.9. The molecule has 0 fully saturated rings. The van der Waals surface area contributed by atoms with Crippen molar-refractivity contribution in [2.45, 2.75) is 6.61 Å². The molecule has 6 heteroatoms. The molecule has 5 nitrogen and oxygen atoms in total. The topological polar surface area (TPSA) is 76.2 Å². The molecule has 4 rings (SSSR count). The number of nitriles is 1. The largest absolute Gasteiger partial charge is 0.488 e. The number of fused-ring (bicyclic) bond motifs is 1. The van der Waals surface area contributed by atoms with Crippen molar-refractivity contribution >= 4 is 44.0 Å². The molecule has 32 heavy (non-hydrogen) atoms. The number of allylic oxidation sites excluding steroid dienone is 1. The average Bonchev–Trinajstić information content (AvgIpc) is 2.82. The third-order valence-electron chi connectivity index (χ3n) is 4.97. The van der Waals surface area contributed by atoms with Crippen LogP contribution in [0, 0.1) is 21.4 Å². The van der Waals surface area contributed by atoms with Crippen LogP contribution in [-0.4, -0.2) is 4.92 Å². The van der Waals surface area contributed by atoms with Crippen molar-refractivity contribution in [3.8, 4) is 11.8 Å². The monoisotopic (exact) mass is 484 g/mol. The van der Waals surface area contributed by atoms with Crippen LogP contribution in [0.4, 0.5) is 5.69 Å². The van der Waals surface area contributed by atoms with E-state index in [1.165, 1.54) is 17.5 Å². The van der Waals surface area contributed by atoms with Gasteiger partial charge in [0.1, 0.15) is 12.4 Å². The van der Waals surface area contributed by atoms with Crippen molar-refractivity contribution in [2.75, 3.05) is 0 Å². The Labute approximate surface area is 193 Å². The first-order chi connectivity index (χ1) is 15.5. The van der Waals surface area contributed by atoms with Crippen molar-refractivity contribution in [3.05, 3.63) is 116 Å². The maximum atomic E-state index is 11.1. The lowest BCUT2D eigenvalue weighted by molar-refractivity contribution is -0.384. The van der Waals surface area contributed by atoms with Crippen LogP contribution in [0.5, 0.6) is 5.75 Å². The molecule has 156 valence electrons. The highest BCUT2D eigenvalue weighted by molar-refractivity contribution is 9.10. The molecule has 0 saturated heterocycles. The zero-order chi connectivity index (χ0) is 22.5. The van der Waals surface area contributed by atoms with Gasteiger partial charge in [-0.2, -0.15) is 5.26 Å². The Morgan fingerprint density at radius 1 is 1.00 bits per heavy atom. The molecular formula is C26H17BrN2O3. The summed E-state index contributed by atoms with van der Waals surface area (Å²) in [6.07, 6.45) is 1.68. The normalized spacial score (nSPS) is 11.2. The summed E-state index contributed by atoms with van der Waals surface area (Å²) in [5.41, 5.74) is 2.44. The minimum absolute atomic E-state index is 0.0642. The molecular weight excluding hydrogens is 468 g/mol. The highest BCUT2D eigenvalue weighted by Crippen LogP contribution is 2.29. The smallest absolute Gasteiger partial charge is 0.270 e. The van der Waals surface area contributed by atoms with Gasteiger partial charge in [0.2, 0.25) is 0 Å². The number of rotatable bonds is 6. The minimum Gasteiger partial charge on any atom is -0.488 e. The van der Waals surface area contributed by atoms with Crippen LogP contribution < -0.4 is 4.74 Å². The fraction of sp³-hybridized carbons (Fsp3) is 0.0385. The van der Waals surface area contributed by atoms with Gasteiger partial charge in [-0.3, -0.25) is 10.1 Å². The first-order valence-corrected chi connectivity index (χ1v) is 10.6. The number of ether oxygens (including phenoxy) is 1. The van der Waals surface area contributed by atoms with E-state index >= 15 is 0 Å². The van der Waals surface area contributed by atoms with Gasteiger partial charge in [0.05, 0.1) is 16.6 Å². The van der Waals surface area contributed by atoms with Gasteiger partial charge in [-0.25, -0.2) is 0 Å². The summed E-state index contributed by atoms with van der Waals surface area (Å²) >= 11 is 3.46. The van der Waals surface area contributed by atoms with E-state index in [1.54, 1.807) is 18.2 Å². The molecule has 0 radical (unpaired) electrons. The zero-order valence-electron chi connectivity index (χ0n) is 16.9. The molecule has 0 bridgehead atoms. The van der Waals surface area contributed by atoms with Crippen LogP contribution in [0.15, 0.2) is 89.4 Å². The standard InChI is InChI=1S/C26H17BrN2O3/c27-24-10-11-26(32-17-18-8-9-19-4-1-2-5-20(19)12-18)22(14-24)13-23(16-28)21-6-3-7-25(15-21)29(30)31/h1-15H,17H2. The van der Waals surface area contributed by atoms with E-state index in [0.717, 1.165) is 15.4 Å². The number of hydrogen-bond acceptors (Lipinski definition) is 4. The van der Waals surface area contributed by atoms with Crippen LogP contribution in [-0.2, 0) is 6.61 Å². The number of hydrogen-bond donors (Lipinski definition) is 0. The summed E-state index contributed by atoms with van der Waals surface area (Å²) in [7, 11) is 0. The van der Waals surface area contributed by atoms with Crippen molar-refractivity contribution in [2.24, 2.45) is 0 Å². The number of non-ortho nitro benzene ring substituents is 1. The number of halogens is 1. The summed E-state index contributed by atoms with van der Waals surface area (Å²) in [5.74, 6) is 0.611. The van der Waals surface area contributed by atoms with Crippen molar-refractivity contribution in [1.82, 2.24) is 0 Å². The van der Waals surface area contributed by atoms with E-state index in [-0.39, 0.29) is 5.69 Å². The molecule has 4 aromatic rings. The van der Waals surface area contributed by atoms with E-state index in [4.69, 9.17) is 4.74 Å². The predicted molar refractivity (Wildman–Crippen MR) is 129 cm³/mol. The first kappa shape index (κ1) is 21.3. The summed E-state index contributed by atoms with van der Waals surface area (Å²) in [6, 6.07) is 28.0. The second-order valence-corrected chi connectivity index (χ2v) is 8.05. The van der Waals surface area contributed by atoms with Crippen LogP contribution in [0.1, 0.15) is 16.7 Å². The van der Waals surface area contributed by atoms with Gasteiger partial charge in [-0.15, -0.1) is 0 Å². The third-order valence-corrected chi connectivity index (χ3v) is 5.46. The maximum absolute atomic E-state index is 11.1. The van der Waals surface area contributed by atoms with Gasteiger partial charge >= 0.3 is 0 Å². The number of nitrogens with zero attached hydrogens (tertiary/aromatic N) is 2. The number of nitro benzene ring substituents is 1. The molecule has 0 atom stereocenters. The van der Waals surface area contributed by atoms with E-state index in [2.05, 4.69) is 46.3 Å². The van der Waals surface area contributed by atoms with E-state index in [9.17, 15) is 15.4 Å². The summed E-state index contributed by atoms with van der Waals surface area (Å²) < 4.78 is 6.92. The molecule has 0 aromatic heterocycles. The second-order valence-electron chi connectivity index (χ2n) is 7.13. The molecule has 0 spiro atoms.